The molecule has 1 saturated carbocycles. The van der Waals surface area contributed by atoms with Gasteiger partial charge in [0.1, 0.15) is 17.3 Å². The predicted octanol–water partition coefficient (Wildman–Crippen LogP) is 3.85. The molecule has 2 aromatic rings. The number of aryl methyl sites for hydroxylation is 2. The molecule has 2 aromatic heterocycles. The van der Waals surface area contributed by atoms with Gasteiger partial charge in [0.05, 0.1) is 17.8 Å². The Labute approximate surface area is 124 Å². The maximum Gasteiger partial charge on any atom is 0.260 e. The van der Waals surface area contributed by atoms with E-state index in [-0.39, 0.29) is 5.91 Å². The van der Waals surface area contributed by atoms with Crippen LogP contribution in [0.3, 0.4) is 0 Å². The van der Waals surface area contributed by atoms with E-state index in [0.29, 0.717) is 17.4 Å². The van der Waals surface area contributed by atoms with Gasteiger partial charge in [-0.05, 0) is 32.8 Å². The number of nitrogens with one attached hydrogen (secondary N) is 1. The number of hydrogen-bond acceptors (Lipinski definition) is 3. The van der Waals surface area contributed by atoms with Crippen LogP contribution in [0.1, 0.15) is 60.0 Å². The summed E-state index contributed by atoms with van der Waals surface area (Å²) in [5.74, 6) is 2.03. The zero-order valence-electron chi connectivity index (χ0n) is 12.6. The van der Waals surface area contributed by atoms with Gasteiger partial charge >= 0.3 is 0 Å². The van der Waals surface area contributed by atoms with Gasteiger partial charge in [0, 0.05) is 6.07 Å². The van der Waals surface area contributed by atoms with Gasteiger partial charge in [-0.15, -0.1) is 0 Å². The number of carbonyl (C=O) groups is 1. The highest BCUT2D eigenvalue weighted by atomic mass is 16.3. The van der Waals surface area contributed by atoms with Gasteiger partial charge in [-0.2, -0.15) is 5.10 Å². The molecule has 0 saturated heterocycles. The summed E-state index contributed by atoms with van der Waals surface area (Å²) in [5, 5.41) is 7.35. The molecular formula is C16H21N3O2. The smallest absolute Gasteiger partial charge is 0.260 e. The number of rotatable bonds is 3. The molecular weight excluding hydrogens is 266 g/mol. The van der Waals surface area contributed by atoms with Gasteiger partial charge in [-0.3, -0.25) is 4.79 Å². The largest absolute Gasteiger partial charge is 0.466 e. The van der Waals surface area contributed by atoms with E-state index in [9.17, 15) is 4.79 Å². The Morgan fingerprint density at radius 2 is 2.10 bits per heavy atom. The highest BCUT2D eigenvalue weighted by molar-refractivity contribution is 6.04. The summed E-state index contributed by atoms with van der Waals surface area (Å²) in [6.45, 7) is 3.65. The lowest BCUT2D eigenvalue weighted by Crippen LogP contribution is -2.20. The third-order valence-corrected chi connectivity index (χ3v) is 4.12. The minimum absolute atomic E-state index is 0.137. The molecule has 3 rings (SSSR count). The van der Waals surface area contributed by atoms with E-state index in [1.54, 1.807) is 19.2 Å². The molecule has 112 valence electrons. The first-order valence-electron chi connectivity index (χ1n) is 7.57. The lowest BCUT2D eigenvalue weighted by atomic mass is 9.96. The molecule has 1 aliphatic carbocycles. The van der Waals surface area contributed by atoms with E-state index < -0.39 is 0 Å². The minimum Gasteiger partial charge on any atom is -0.466 e. The number of furan rings is 1. The topological polar surface area (TPSA) is 60.1 Å². The van der Waals surface area contributed by atoms with Crippen molar-refractivity contribution in [3.05, 3.63) is 35.4 Å². The van der Waals surface area contributed by atoms with Gasteiger partial charge in [-0.25, -0.2) is 4.68 Å². The van der Waals surface area contributed by atoms with Crippen LogP contribution in [0.5, 0.6) is 0 Å². The van der Waals surface area contributed by atoms with Gasteiger partial charge in [0.15, 0.2) is 0 Å². The third-order valence-electron chi connectivity index (χ3n) is 4.12. The average molecular weight is 287 g/mol. The zero-order valence-corrected chi connectivity index (χ0v) is 12.6. The highest BCUT2D eigenvalue weighted by Crippen LogP contribution is 2.30. The highest BCUT2D eigenvalue weighted by Gasteiger charge is 2.20. The molecule has 0 aromatic carbocycles. The number of nitrogens with zero attached hydrogens (tertiary/aromatic N) is 2. The van der Waals surface area contributed by atoms with Crippen molar-refractivity contribution in [2.24, 2.45) is 0 Å². The Morgan fingerprint density at radius 1 is 1.33 bits per heavy atom. The van der Waals surface area contributed by atoms with Crippen molar-refractivity contribution in [3.63, 3.8) is 0 Å². The fourth-order valence-electron chi connectivity index (χ4n) is 3.07. The van der Waals surface area contributed by atoms with Crippen molar-refractivity contribution in [2.75, 3.05) is 5.32 Å². The van der Waals surface area contributed by atoms with Gasteiger partial charge < -0.3 is 9.73 Å². The van der Waals surface area contributed by atoms with Crippen LogP contribution in [-0.2, 0) is 0 Å². The van der Waals surface area contributed by atoms with Crippen LogP contribution >= 0.6 is 0 Å². The number of aromatic nitrogens is 2. The van der Waals surface area contributed by atoms with Gasteiger partial charge in [0.25, 0.3) is 5.91 Å². The second-order valence-electron chi connectivity index (χ2n) is 5.73. The molecule has 0 unspecified atom stereocenters. The van der Waals surface area contributed by atoms with Crippen molar-refractivity contribution >= 4 is 11.7 Å². The molecule has 21 heavy (non-hydrogen) atoms. The molecule has 2 heterocycles. The lowest BCUT2D eigenvalue weighted by molar-refractivity contribution is 0.102. The summed E-state index contributed by atoms with van der Waals surface area (Å²) in [4.78, 5) is 12.4. The summed E-state index contributed by atoms with van der Waals surface area (Å²) in [5.41, 5.74) is 0.587. The summed E-state index contributed by atoms with van der Waals surface area (Å²) in [6, 6.07) is 4.03. The van der Waals surface area contributed by atoms with Crippen molar-refractivity contribution < 1.29 is 9.21 Å². The molecule has 1 N–H and O–H groups in total. The molecule has 0 bridgehead atoms. The van der Waals surface area contributed by atoms with Crippen molar-refractivity contribution in [3.8, 4) is 0 Å². The monoisotopic (exact) mass is 287 g/mol. The van der Waals surface area contributed by atoms with E-state index in [2.05, 4.69) is 10.4 Å². The minimum atomic E-state index is -0.137. The van der Waals surface area contributed by atoms with Crippen molar-refractivity contribution in [1.82, 2.24) is 9.78 Å². The molecule has 5 heteroatoms. The predicted molar refractivity (Wildman–Crippen MR) is 80.5 cm³/mol. The SMILES string of the molecule is Cc1cc(C(=O)Nc2ccnn2C2CCCCC2)c(C)o1. The first-order valence-corrected chi connectivity index (χ1v) is 7.57. The molecule has 0 atom stereocenters. The second kappa shape index (κ2) is 5.76. The van der Waals surface area contributed by atoms with Gasteiger partial charge in [-0.1, -0.05) is 19.3 Å². The average Bonchev–Trinajstić information content (AvgIpc) is 3.06. The van der Waals surface area contributed by atoms with Gasteiger partial charge in [0.2, 0.25) is 0 Å². The lowest BCUT2D eigenvalue weighted by Gasteiger charge is -2.23. The Bertz CT molecular complexity index is 636. The Kier molecular flexibility index (Phi) is 3.82. The summed E-state index contributed by atoms with van der Waals surface area (Å²) < 4.78 is 7.38. The quantitative estimate of drug-likeness (QED) is 0.932. The van der Waals surface area contributed by atoms with E-state index in [1.807, 2.05) is 17.7 Å². The maximum absolute atomic E-state index is 12.4. The van der Waals surface area contributed by atoms with E-state index in [0.717, 1.165) is 24.4 Å². The van der Waals surface area contributed by atoms with Crippen LogP contribution in [0.2, 0.25) is 0 Å². The molecule has 1 fully saturated rings. The zero-order chi connectivity index (χ0) is 14.8. The van der Waals surface area contributed by atoms with Crippen molar-refractivity contribution in [2.45, 2.75) is 52.0 Å². The van der Waals surface area contributed by atoms with Crippen LogP contribution in [0, 0.1) is 13.8 Å². The van der Waals surface area contributed by atoms with Crippen LogP contribution in [0.15, 0.2) is 22.7 Å². The molecule has 5 nitrogen and oxygen atoms in total. The summed E-state index contributed by atoms with van der Waals surface area (Å²) >= 11 is 0. The van der Waals surface area contributed by atoms with Crippen LogP contribution in [0.4, 0.5) is 5.82 Å². The standard InChI is InChI=1S/C16H21N3O2/c1-11-10-14(12(2)21-11)16(20)18-15-8-9-17-19(15)13-6-4-3-5-7-13/h8-10,13H,3-7H2,1-2H3,(H,18,20). The van der Waals surface area contributed by atoms with E-state index >= 15 is 0 Å². The van der Waals surface area contributed by atoms with Crippen LogP contribution in [-0.4, -0.2) is 15.7 Å². The van der Waals surface area contributed by atoms with Crippen LogP contribution in [0.25, 0.3) is 0 Å². The third kappa shape index (κ3) is 2.86. The fraction of sp³-hybridized carbons (Fsp3) is 0.500. The number of amides is 1. The normalized spacial score (nSPS) is 16.1. The maximum atomic E-state index is 12.4. The molecule has 1 aliphatic rings. The number of hydrogen-bond donors (Lipinski definition) is 1. The summed E-state index contributed by atoms with van der Waals surface area (Å²) in [7, 11) is 0. The fourth-order valence-corrected chi connectivity index (χ4v) is 3.07. The number of anilines is 1. The van der Waals surface area contributed by atoms with Crippen molar-refractivity contribution in [1.29, 1.82) is 0 Å². The first kappa shape index (κ1) is 13.9. The molecule has 0 spiro atoms. The van der Waals surface area contributed by atoms with E-state index in [1.165, 1.54) is 19.3 Å². The Morgan fingerprint density at radius 3 is 2.76 bits per heavy atom. The van der Waals surface area contributed by atoms with Crippen LogP contribution < -0.4 is 5.32 Å². The molecule has 0 radical (unpaired) electrons. The number of carbonyl (C=O) groups excluding carboxylic acids is 1. The Balaban J connectivity index is 1.77. The van der Waals surface area contributed by atoms with E-state index in [4.69, 9.17) is 4.42 Å². The second-order valence-corrected chi connectivity index (χ2v) is 5.73. The summed E-state index contributed by atoms with van der Waals surface area (Å²) in [6.07, 6.45) is 7.78. The molecule has 0 aliphatic heterocycles. The first-order chi connectivity index (χ1) is 10.1. The molecule has 1 amide bonds. The Hall–Kier alpha value is -2.04.